The lowest BCUT2D eigenvalue weighted by atomic mass is 10.0. The highest BCUT2D eigenvalue weighted by molar-refractivity contribution is 6.01. The Balaban J connectivity index is 1.59. The summed E-state index contributed by atoms with van der Waals surface area (Å²) in [6.07, 6.45) is 0. The number of carbonyl (C=O) groups is 2. The fourth-order valence-corrected chi connectivity index (χ4v) is 3.37. The molecule has 1 fully saturated rings. The molecule has 1 unspecified atom stereocenters. The lowest BCUT2D eigenvalue weighted by molar-refractivity contribution is -0.121. The van der Waals surface area contributed by atoms with Crippen LogP contribution in [0.5, 0.6) is 11.5 Å². The van der Waals surface area contributed by atoms with Gasteiger partial charge in [0.1, 0.15) is 11.5 Å². The molecule has 1 atom stereocenters. The number of amides is 3. The van der Waals surface area contributed by atoms with Gasteiger partial charge in [-0.2, -0.15) is 0 Å². The fourth-order valence-electron chi connectivity index (χ4n) is 3.37. The van der Waals surface area contributed by atoms with Gasteiger partial charge in [0, 0.05) is 30.9 Å². The van der Waals surface area contributed by atoms with Crippen LogP contribution in [-0.2, 0) is 4.79 Å². The van der Waals surface area contributed by atoms with Gasteiger partial charge in [0.25, 0.3) is 0 Å². The maximum absolute atomic E-state index is 12.5. The third kappa shape index (κ3) is 5.46. The van der Waals surface area contributed by atoms with Crippen LogP contribution in [-0.4, -0.2) is 57.2 Å². The molecule has 0 aromatic heterocycles. The highest BCUT2D eigenvalue weighted by Gasteiger charge is 2.28. The molecule has 1 aliphatic heterocycles. The van der Waals surface area contributed by atoms with E-state index in [0.29, 0.717) is 24.5 Å². The normalized spacial score (nSPS) is 16.7. The van der Waals surface area contributed by atoms with E-state index in [1.165, 1.54) is 0 Å². The molecule has 3 rings (SSSR count). The van der Waals surface area contributed by atoms with Crippen LogP contribution in [0.15, 0.2) is 48.5 Å². The average molecular weight is 398 g/mol. The smallest absolute Gasteiger partial charge is 0.325 e. The first-order valence-electron chi connectivity index (χ1n) is 9.43. The molecule has 29 heavy (non-hydrogen) atoms. The maximum Gasteiger partial charge on any atom is 0.325 e. The third-order valence-electron chi connectivity index (χ3n) is 4.80. The van der Waals surface area contributed by atoms with Crippen molar-refractivity contribution in [1.82, 2.24) is 15.5 Å². The van der Waals surface area contributed by atoms with E-state index in [1.54, 1.807) is 38.5 Å². The Morgan fingerprint density at radius 1 is 1.10 bits per heavy atom. The van der Waals surface area contributed by atoms with Gasteiger partial charge in [0.15, 0.2) is 0 Å². The Morgan fingerprint density at radius 2 is 1.86 bits per heavy atom. The number of nitrogens with one attached hydrogen (secondary N) is 3. The van der Waals surface area contributed by atoms with Gasteiger partial charge in [-0.25, -0.2) is 4.79 Å². The van der Waals surface area contributed by atoms with E-state index in [0.717, 1.165) is 17.9 Å². The molecule has 0 aliphatic carbocycles. The third-order valence-corrected chi connectivity index (χ3v) is 4.80. The van der Waals surface area contributed by atoms with Crippen LogP contribution >= 0.6 is 0 Å². The predicted molar refractivity (Wildman–Crippen MR) is 110 cm³/mol. The van der Waals surface area contributed by atoms with E-state index in [2.05, 4.69) is 16.0 Å². The second-order valence-corrected chi connectivity index (χ2v) is 6.66. The molecule has 0 bridgehead atoms. The zero-order valence-electron chi connectivity index (χ0n) is 16.6. The van der Waals surface area contributed by atoms with Crippen molar-refractivity contribution < 1.29 is 19.1 Å². The maximum atomic E-state index is 12.5. The molecule has 2 aromatic carbocycles. The molecule has 3 N–H and O–H groups in total. The number of carbonyl (C=O) groups excluding carboxylic acids is 2. The lowest BCUT2D eigenvalue weighted by Gasteiger charge is -2.36. The Morgan fingerprint density at radius 3 is 2.59 bits per heavy atom. The lowest BCUT2D eigenvalue weighted by Crippen LogP contribution is -2.50. The Bertz CT molecular complexity index is 841. The number of hydrogen-bond donors (Lipinski definition) is 3. The average Bonchev–Trinajstić information content (AvgIpc) is 2.74. The minimum Gasteiger partial charge on any atom is -0.497 e. The van der Waals surface area contributed by atoms with Crippen molar-refractivity contribution in [2.45, 2.75) is 6.04 Å². The Kier molecular flexibility index (Phi) is 7.04. The Hall–Kier alpha value is -3.10. The number of piperazine rings is 1. The molecule has 3 amide bonds. The first-order valence-corrected chi connectivity index (χ1v) is 9.43. The fraction of sp³-hybridized carbons (Fsp3) is 0.333. The number of imide groups is 1. The van der Waals surface area contributed by atoms with Crippen LogP contribution in [0, 0.1) is 0 Å². The van der Waals surface area contributed by atoms with Gasteiger partial charge in [0.2, 0.25) is 5.91 Å². The molecule has 8 nitrogen and oxygen atoms in total. The molecule has 1 saturated heterocycles. The van der Waals surface area contributed by atoms with Gasteiger partial charge in [-0.05, 0) is 30.3 Å². The predicted octanol–water partition coefficient (Wildman–Crippen LogP) is 2.00. The van der Waals surface area contributed by atoms with E-state index in [9.17, 15) is 9.59 Å². The number of ether oxygens (including phenoxy) is 2. The number of anilines is 1. The van der Waals surface area contributed by atoms with Crippen molar-refractivity contribution in [3.05, 3.63) is 54.1 Å². The standard InChI is InChI=1S/C21H26N4O4/c1-28-16-9-7-15(8-10-16)23-21(27)24-20(26)14-25-12-11-22-13-18(25)17-5-3-4-6-19(17)29-2/h3-10,18,22H,11-14H2,1-2H3,(H2,23,24,26,27). The SMILES string of the molecule is COc1ccc(NC(=O)NC(=O)CN2CCNCC2c2ccccc2OC)cc1. The van der Waals surface area contributed by atoms with Crippen molar-refractivity contribution >= 4 is 17.6 Å². The van der Waals surface area contributed by atoms with Gasteiger partial charge < -0.3 is 20.1 Å². The summed E-state index contributed by atoms with van der Waals surface area (Å²) in [5.74, 6) is 1.11. The van der Waals surface area contributed by atoms with Crippen LogP contribution in [0.1, 0.15) is 11.6 Å². The molecule has 1 aliphatic rings. The second kappa shape index (κ2) is 9.90. The highest BCUT2D eigenvalue weighted by atomic mass is 16.5. The summed E-state index contributed by atoms with van der Waals surface area (Å²) in [5, 5.41) is 8.39. The molecule has 1 heterocycles. The minimum atomic E-state index is -0.566. The van der Waals surface area contributed by atoms with Crippen LogP contribution in [0.4, 0.5) is 10.5 Å². The van der Waals surface area contributed by atoms with Crippen molar-refractivity contribution in [1.29, 1.82) is 0 Å². The van der Waals surface area contributed by atoms with Gasteiger partial charge in [-0.3, -0.25) is 15.0 Å². The second-order valence-electron chi connectivity index (χ2n) is 6.66. The zero-order chi connectivity index (χ0) is 20.6. The molecule has 2 aromatic rings. The van der Waals surface area contributed by atoms with Crippen molar-refractivity contribution in [2.75, 3.05) is 45.7 Å². The largest absolute Gasteiger partial charge is 0.497 e. The molecular formula is C21H26N4O4. The number of benzene rings is 2. The van der Waals surface area contributed by atoms with Crippen LogP contribution in [0.25, 0.3) is 0 Å². The Labute approximate surface area is 170 Å². The van der Waals surface area contributed by atoms with E-state index in [1.807, 2.05) is 29.2 Å². The number of nitrogens with zero attached hydrogens (tertiary/aromatic N) is 1. The zero-order valence-corrected chi connectivity index (χ0v) is 16.6. The van der Waals surface area contributed by atoms with Gasteiger partial charge >= 0.3 is 6.03 Å². The highest BCUT2D eigenvalue weighted by Crippen LogP contribution is 2.29. The molecule has 8 heteroatoms. The van der Waals surface area contributed by atoms with Crippen molar-refractivity contribution in [3.63, 3.8) is 0 Å². The van der Waals surface area contributed by atoms with Crippen molar-refractivity contribution in [2.24, 2.45) is 0 Å². The topological polar surface area (TPSA) is 91.9 Å². The van der Waals surface area contributed by atoms with Gasteiger partial charge in [-0.15, -0.1) is 0 Å². The minimum absolute atomic E-state index is 0.0182. The molecule has 154 valence electrons. The quantitative estimate of drug-likeness (QED) is 0.689. The summed E-state index contributed by atoms with van der Waals surface area (Å²) < 4.78 is 10.6. The summed E-state index contributed by atoms with van der Waals surface area (Å²) in [6.45, 7) is 2.28. The molecule has 0 radical (unpaired) electrons. The van der Waals surface area contributed by atoms with Crippen molar-refractivity contribution in [3.8, 4) is 11.5 Å². The number of para-hydroxylation sites is 1. The van der Waals surface area contributed by atoms with E-state index < -0.39 is 6.03 Å². The molecular weight excluding hydrogens is 372 g/mol. The number of hydrogen-bond acceptors (Lipinski definition) is 6. The summed E-state index contributed by atoms with van der Waals surface area (Å²) in [7, 11) is 3.21. The van der Waals surface area contributed by atoms with Crippen LogP contribution < -0.4 is 25.4 Å². The van der Waals surface area contributed by atoms with Crippen LogP contribution in [0.2, 0.25) is 0 Å². The van der Waals surface area contributed by atoms with E-state index in [4.69, 9.17) is 9.47 Å². The van der Waals surface area contributed by atoms with E-state index in [-0.39, 0.29) is 18.5 Å². The summed E-state index contributed by atoms with van der Waals surface area (Å²) >= 11 is 0. The number of rotatable bonds is 6. The van der Waals surface area contributed by atoms with Crippen LogP contribution in [0.3, 0.4) is 0 Å². The monoisotopic (exact) mass is 398 g/mol. The van der Waals surface area contributed by atoms with Gasteiger partial charge in [0.05, 0.1) is 26.8 Å². The van der Waals surface area contributed by atoms with E-state index >= 15 is 0 Å². The van der Waals surface area contributed by atoms with Gasteiger partial charge in [-0.1, -0.05) is 18.2 Å². The summed E-state index contributed by atoms with van der Waals surface area (Å²) in [6, 6.07) is 14.1. The summed E-state index contributed by atoms with van der Waals surface area (Å²) in [5.41, 5.74) is 1.59. The molecule has 0 saturated carbocycles. The number of urea groups is 1. The first kappa shape index (κ1) is 20.6. The number of methoxy groups -OCH3 is 2. The molecule has 0 spiro atoms. The first-order chi connectivity index (χ1) is 14.1. The summed E-state index contributed by atoms with van der Waals surface area (Å²) in [4.78, 5) is 26.7.